The van der Waals surface area contributed by atoms with Crippen LogP contribution in [0, 0.1) is 0 Å². The first kappa shape index (κ1) is 21.7. The highest BCUT2D eigenvalue weighted by Gasteiger charge is 2.16. The molecule has 0 atom stereocenters. The minimum atomic E-state index is -0.655. The van der Waals surface area contributed by atoms with Gasteiger partial charge in [0.05, 0.1) is 5.56 Å². The van der Waals surface area contributed by atoms with Gasteiger partial charge in [-0.05, 0) is 50.6 Å². The predicted octanol–water partition coefficient (Wildman–Crippen LogP) is 2.79. The molecule has 0 aromatic heterocycles. The average molecular weight is 399 g/mol. The third-order valence-corrected chi connectivity index (χ3v) is 3.64. The summed E-state index contributed by atoms with van der Waals surface area (Å²) in [5.41, 5.74) is 0.925. The van der Waals surface area contributed by atoms with Crippen LogP contribution in [0.5, 0.6) is 5.75 Å². The molecule has 3 amide bonds. The minimum Gasteiger partial charge on any atom is -0.507 e. The van der Waals surface area contributed by atoms with E-state index < -0.39 is 17.6 Å². The molecule has 0 heterocycles. The molecule has 0 aliphatic heterocycles. The largest absolute Gasteiger partial charge is 0.507 e. The molecule has 0 saturated carbocycles. The normalized spacial score (nSPS) is 10.7. The molecule has 4 N–H and O–H groups in total. The summed E-state index contributed by atoms with van der Waals surface area (Å²) in [6.07, 6.45) is -0.655. The number of hydrogen-bond acceptors (Lipinski definition) is 5. The van der Waals surface area contributed by atoms with Crippen molar-refractivity contribution in [2.75, 3.05) is 11.9 Å². The van der Waals surface area contributed by atoms with E-state index in [-0.39, 0.29) is 30.3 Å². The summed E-state index contributed by atoms with van der Waals surface area (Å²) in [4.78, 5) is 35.5. The molecule has 0 fully saturated rings. The van der Waals surface area contributed by atoms with Crippen LogP contribution in [0.15, 0.2) is 48.5 Å². The zero-order valence-electron chi connectivity index (χ0n) is 16.6. The van der Waals surface area contributed by atoms with E-state index in [1.165, 1.54) is 12.1 Å². The number of phenols is 1. The van der Waals surface area contributed by atoms with Crippen molar-refractivity contribution >= 4 is 23.6 Å². The number of ether oxygens (including phenoxy) is 1. The molecule has 8 nitrogen and oxygen atoms in total. The van der Waals surface area contributed by atoms with Crippen LogP contribution in [0.3, 0.4) is 0 Å². The Morgan fingerprint density at radius 1 is 0.966 bits per heavy atom. The highest BCUT2D eigenvalue weighted by Crippen LogP contribution is 2.18. The maximum atomic E-state index is 12.2. The standard InChI is InChI=1S/C21H25N3O5/c1-21(2,3)29-20(28)23-13-18(26)22-12-14-8-10-15(11-9-14)24-19(27)16-6-4-5-7-17(16)25/h4-11,25H,12-13H2,1-3H3,(H,22,26)(H,23,28)(H,24,27). The van der Waals surface area contributed by atoms with Gasteiger partial charge in [0.25, 0.3) is 5.91 Å². The molecule has 0 spiro atoms. The zero-order valence-corrected chi connectivity index (χ0v) is 16.6. The van der Waals surface area contributed by atoms with Crippen LogP contribution >= 0.6 is 0 Å². The lowest BCUT2D eigenvalue weighted by atomic mass is 10.1. The van der Waals surface area contributed by atoms with Crippen LogP contribution in [-0.2, 0) is 16.1 Å². The number of rotatable bonds is 6. The number of phenolic OH excluding ortho intramolecular Hbond substituents is 1. The summed E-state index contributed by atoms with van der Waals surface area (Å²) in [6.45, 7) is 5.29. The summed E-state index contributed by atoms with van der Waals surface area (Å²) in [7, 11) is 0. The highest BCUT2D eigenvalue weighted by atomic mass is 16.6. The Kier molecular flexibility index (Phi) is 7.19. The van der Waals surface area contributed by atoms with Crippen molar-refractivity contribution in [3.8, 4) is 5.75 Å². The molecule has 0 unspecified atom stereocenters. The van der Waals surface area contributed by atoms with Gasteiger partial charge in [0.2, 0.25) is 5.91 Å². The van der Waals surface area contributed by atoms with Crippen molar-refractivity contribution < 1.29 is 24.2 Å². The molecule has 0 aliphatic rings. The van der Waals surface area contributed by atoms with Gasteiger partial charge in [0.1, 0.15) is 17.9 Å². The fraction of sp³-hybridized carbons (Fsp3) is 0.286. The number of aromatic hydroxyl groups is 1. The zero-order chi connectivity index (χ0) is 21.4. The molecule has 0 saturated heterocycles. The number of para-hydroxylation sites is 1. The summed E-state index contributed by atoms with van der Waals surface area (Å²) < 4.78 is 5.05. The Morgan fingerprint density at radius 3 is 2.24 bits per heavy atom. The Morgan fingerprint density at radius 2 is 1.62 bits per heavy atom. The second kappa shape index (κ2) is 9.59. The molecule has 8 heteroatoms. The lowest BCUT2D eigenvalue weighted by Crippen LogP contribution is -2.39. The number of hydrogen-bond donors (Lipinski definition) is 4. The van der Waals surface area contributed by atoms with E-state index in [1.54, 1.807) is 57.2 Å². The topological polar surface area (TPSA) is 117 Å². The van der Waals surface area contributed by atoms with Crippen LogP contribution in [-0.4, -0.2) is 35.2 Å². The van der Waals surface area contributed by atoms with E-state index in [0.29, 0.717) is 5.69 Å². The molecule has 2 rings (SSSR count). The second-order valence-corrected chi connectivity index (χ2v) is 7.30. The number of benzene rings is 2. The van der Waals surface area contributed by atoms with Gasteiger partial charge in [-0.25, -0.2) is 4.79 Å². The highest BCUT2D eigenvalue weighted by molar-refractivity contribution is 6.06. The molecule has 0 aliphatic carbocycles. The lowest BCUT2D eigenvalue weighted by Gasteiger charge is -2.19. The van der Waals surface area contributed by atoms with Gasteiger partial charge in [-0.1, -0.05) is 24.3 Å². The van der Waals surface area contributed by atoms with Crippen molar-refractivity contribution in [1.82, 2.24) is 10.6 Å². The summed E-state index contributed by atoms with van der Waals surface area (Å²) in [6, 6.07) is 13.2. The summed E-state index contributed by atoms with van der Waals surface area (Å²) in [5, 5.41) is 17.5. The van der Waals surface area contributed by atoms with E-state index in [4.69, 9.17) is 4.74 Å². The van der Waals surface area contributed by atoms with E-state index in [0.717, 1.165) is 5.56 Å². The Hall–Kier alpha value is -3.55. The van der Waals surface area contributed by atoms with Gasteiger partial charge in [-0.2, -0.15) is 0 Å². The van der Waals surface area contributed by atoms with Crippen molar-refractivity contribution in [1.29, 1.82) is 0 Å². The maximum absolute atomic E-state index is 12.2. The van der Waals surface area contributed by atoms with Gasteiger partial charge in [-0.3, -0.25) is 9.59 Å². The number of nitrogens with one attached hydrogen (secondary N) is 3. The smallest absolute Gasteiger partial charge is 0.408 e. The van der Waals surface area contributed by atoms with Crippen LogP contribution in [0.2, 0.25) is 0 Å². The molecule has 0 radical (unpaired) electrons. The third kappa shape index (κ3) is 7.53. The van der Waals surface area contributed by atoms with E-state index in [1.807, 2.05) is 0 Å². The molecule has 29 heavy (non-hydrogen) atoms. The van der Waals surface area contributed by atoms with E-state index in [2.05, 4.69) is 16.0 Å². The first-order chi connectivity index (χ1) is 13.6. The van der Waals surface area contributed by atoms with Crippen LogP contribution in [0.4, 0.5) is 10.5 Å². The van der Waals surface area contributed by atoms with Gasteiger partial charge in [-0.15, -0.1) is 0 Å². The first-order valence-corrected chi connectivity index (χ1v) is 9.06. The van der Waals surface area contributed by atoms with Crippen molar-refractivity contribution in [3.05, 3.63) is 59.7 Å². The van der Waals surface area contributed by atoms with E-state index in [9.17, 15) is 19.5 Å². The fourth-order valence-corrected chi connectivity index (χ4v) is 2.30. The molecule has 2 aromatic rings. The first-order valence-electron chi connectivity index (χ1n) is 9.06. The average Bonchev–Trinajstić information content (AvgIpc) is 2.64. The number of alkyl carbamates (subject to hydrolysis) is 1. The quantitative estimate of drug-likeness (QED) is 0.596. The van der Waals surface area contributed by atoms with Crippen LogP contribution in [0.25, 0.3) is 0 Å². The second-order valence-electron chi connectivity index (χ2n) is 7.30. The molecule has 154 valence electrons. The Bertz CT molecular complexity index is 873. The lowest BCUT2D eigenvalue weighted by molar-refractivity contribution is -0.120. The van der Waals surface area contributed by atoms with Crippen molar-refractivity contribution in [2.24, 2.45) is 0 Å². The summed E-state index contributed by atoms with van der Waals surface area (Å²) in [5.74, 6) is -0.866. The number of carbonyl (C=O) groups excluding carboxylic acids is 3. The Balaban J connectivity index is 1.79. The van der Waals surface area contributed by atoms with Crippen LogP contribution < -0.4 is 16.0 Å². The summed E-state index contributed by atoms with van der Waals surface area (Å²) >= 11 is 0. The van der Waals surface area contributed by atoms with E-state index >= 15 is 0 Å². The Labute approximate surface area is 169 Å². The predicted molar refractivity (Wildman–Crippen MR) is 109 cm³/mol. The third-order valence-electron chi connectivity index (χ3n) is 3.64. The number of carbonyl (C=O) groups is 3. The van der Waals surface area contributed by atoms with Gasteiger partial charge in [0, 0.05) is 12.2 Å². The minimum absolute atomic E-state index is 0.0932. The van der Waals surface area contributed by atoms with Gasteiger partial charge >= 0.3 is 6.09 Å². The van der Waals surface area contributed by atoms with Crippen LogP contribution in [0.1, 0.15) is 36.7 Å². The maximum Gasteiger partial charge on any atom is 0.408 e. The number of amides is 3. The number of anilines is 1. The van der Waals surface area contributed by atoms with Crippen molar-refractivity contribution in [3.63, 3.8) is 0 Å². The van der Waals surface area contributed by atoms with Crippen molar-refractivity contribution in [2.45, 2.75) is 32.9 Å². The molecule has 2 aromatic carbocycles. The van der Waals surface area contributed by atoms with Gasteiger partial charge < -0.3 is 25.8 Å². The van der Waals surface area contributed by atoms with Gasteiger partial charge in [0.15, 0.2) is 0 Å². The molecular weight excluding hydrogens is 374 g/mol. The SMILES string of the molecule is CC(C)(C)OC(=O)NCC(=O)NCc1ccc(NC(=O)c2ccccc2O)cc1. The molecule has 0 bridgehead atoms. The molecular formula is C21H25N3O5. The fourth-order valence-electron chi connectivity index (χ4n) is 2.30. The monoisotopic (exact) mass is 399 g/mol.